The van der Waals surface area contributed by atoms with Crippen molar-refractivity contribution in [2.75, 3.05) is 5.32 Å². The number of halogens is 1. The molecule has 3 rings (SSSR count). The van der Waals surface area contributed by atoms with Crippen LogP contribution < -0.4 is 5.32 Å². The Hall–Kier alpha value is -3.63. The molecular formula is C14H12FN7O3. The monoisotopic (exact) mass is 345 g/mol. The summed E-state index contributed by atoms with van der Waals surface area (Å²) in [4.78, 5) is 26.4. The van der Waals surface area contributed by atoms with Crippen molar-refractivity contribution in [2.24, 2.45) is 7.05 Å². The topological polar surface area (TPSA) is 121 Å². The predicted octanol–water partition coefficient (Wildman–Crippen LogP) is 1.36. The van der Waals surface area contributed by atoms with Crippen molar-refractivity contribution in [3.05, 3.63) is 64.0 Å². The number of benzene rings is 1. The third kappa shape index (κ3) is 3.49. The Labute approximate surface area is 140 Å². The molecule has 0 fully saturated rings. The maximum Gasteiger partial charge on any atom is 0.320 e. The van der Waals surface area contributed by atoms with Gasteiger partial charge in [-0.15, -0.1) is 5.10 Å². The molecule has 0 aliphatic heterocycles. The van der Waals surface area contributed by atoms with Crippen LogP contribution >= 0.6 is 0 Å². The Morgan fingerprint density at radius 2 is 2.24 bits per heavy atom. The van der Waals surface area contributed by atoms with Crippen LogP contribution in [0.2, 0.25) is 0 Å². The van der Waals surface area contributed by atoms with Gasteiger partial charge >= 0.3 is 5.69 Å². The van der Waals surface area contributed by atoms with Gasteiger partial charge in [-0.05, 0) is 17.7 Å². The molecule has 0 aliphatic carbocycles. The number of hydrogen-bond acceptors (Lipinski definition) is 6. The second kappa shape index (κ2) is 6.47. The number of nitrogens with zero attached hydrogens (tertiary/aromatic N) is 6. The molecule has 0 bridgehead atoms. The normalized spacial score (nSPS) is 10.6. The quantitative estimate of drug-likeness (QED) is 0.550. The van der Waals surface area contributed by atoms with Crippen molar-refractivity contribution in [3.8, 4) is 0 Å². The molecule has 128 valence electrons. The third-order valence-electron chi connectivity index (χ3n) is 3.33. The lowest BCUT2D eigenvalue weighted by Crippen LogP contribution is -2.18. The second-order valence-corrected chi connectivity index (χ2v) is 5.11. The average Bonchev–Trinajstić information content (AvgIpc) is 3.14. The van der Waals surface area contributed by atoms with Crippen LogP contribution in [0.25, 0.3) is 0 Å². The fraction of sp³-hybridized carbons (Fsp3) is 0.143. The average molecular weight is 345 g/mol. The molecule has 3 aromatic rings. The number of aromatic nitrogens is 5. The fourth-order valence-electron chi connectivity index (χ4n) is 2.23. The molecule has 0 atom stereocenters. The SMILES string of the molecule is Cn1ncc([N+](=O)[O-])c1C(=O)Nc1ncn(Cc2cccc(F)c2)n1. The van der Waals surface area contributed by atoms with Gasteiger partial charge in [0.1, 0.15) is 18.3 Å². The molecule has 0 saturated heterocycles. The van der Waals surface area contributed by atoms with Crippen molar-refractivity contribution in [1.29, 1.82) is 0 Å². The lowest BCUT2D eigenvalue weighted by Gasteiger charge is -2.02. The van der Waals surface area contributed by atoms with Crippen molar-refractivity contribution >= 4 is 17.5 Å². The Bertz CT molecular complexity index is 950. The highest BCUT2D eigenvalue weighted by Crippen LogP contribution is 2.17. The van der Waals surface area contributed by atoms with Gasteiger partial charge in [-0.3, -0.25) is 24.9 Å². The molecule has 11 heteroatoms. The summed E-state index contributed by atoms with van der Waals surface area (Å²) in [7, 11) is 1.41. The number of amides is 1. The first kappa shape index (κ1) is 16.2. The van der Waals surface area contributed by atoms with Gasteiger partial charge in [0.25, 0.3) is 5.91 Å². The zero-order valence-corrected chi connectivity index (χ0v) is 13.0. The number of nitrogens with one attached hydrogen (secondary N) is 1. The Morgan fingerprint density at radius 3 is 2.96 bits per heavy atom. The predicted molar refractivity (Wildman–Crippen MR) is 83.3 cm³/mol. The van der Waals surface area contributed by atoms with E-state index in [1.165, 1.54) is 30.2 Å². The first-order chi connectivity index (χ1) is 11.9. The number of rotatable bonds is 5. The summed E-state index contributed by atoms with van der Waals surface area (Å²) in [5.74, 6) is -1.15. The second-order valence-electron chi connectivity index (χ2n) is 5.11. The van der Waals surface area contributed by atoms with E-state index in [1.54, 1.807) is 12.1 Å². The lowest BCUT2D eigenvalue weighted by molar-refractivity contribution is -0.385. The molecule has 0 radical (unpaired) electrons. The third-order valence-corrected chi connectivity index (χ3v) is 3.33. The van der Waals surface area contributed by atoms with E-state index < -0.39 is 16.5 Å². The molecule has 2 heterocycles. The van der Waals surface area contributed by atoms with E-state index >= 15 is 0 Å². The molecule has 0 unspecified atom stereocenters. The maximum atomic E-state index is 13.2. The summed E-state index contributed by atoms with van der Waals surface area (Å²) >= 11 is 0. The summed E-state index contributed by atoms with van der Waals surface area (Å²) in [6.45, 7) is 0.256. The van der Waals surface area contributed by atoms with E-state index in [1.807, 2.05) is 0 Å². The van der Waals surface area contributed by atoms with Crippen LogP contribution in [0.4, 0.5) is 16.0 Å². The Morgan fingerprint density at radius 1 is 1.44 bits per heavy atom. The number of anilines is 1. The van der Waals surface area contributed by atoms with Gasteiger partial charge in [-0.1, -0.05) is 12.1 Å². The molecule has 0 saturated carbocycles. The highest BCUT2D eigenvalue weighted by atomic mass is 19.1. The van der Waals surface area contributed by atoms with Gasteiger partial charge in [0.05, 0.1) is 11.5 Å². The molecule has 10 nitrogen and oxygen atoms in total. The summed E-state index contributed by atoms with van der Waals surface area (Å²) in [5.41, 5.74) is 0.0377. The van der Waals surface area contributed by atoms with Gasteiger partial charge in [0, 0.05) is 7.05 Å². The van der Waals surface area contributed by atoms with Crippen molar-refractivity contribution in [2.45, 2.75) is 6.54 Å². The summed E-state index contributed by atoms with van der Waals surface area (Å²) in [6, 6.07) is 5.99. The Kier molecular flexibility index (Phi) is 4.20. The smallest absolute Gasteiger partial charge is 0.288 e. The minimum atomic E-state index is -0.754. The Balaban J connectivity index is 1.74. The van der Waals surface area contributed by atoms with Crippen LogP contribution in [0.5, 0.6) is 0 Å². The molecule has 0 spiro atoms. The molecule has 1 amide bonds. The van der Waals surface area contributed by atoms with Gasteiger partial charge in [-0.25, -0.2) is 14.1 Å². The van der Waals surface area contributed by atoms with Crippen molar-refractivity contribution in [3.63, 3.8) is 0 Å². The number of nitro groups is 1. The lowest BCUT2D eigenvalue weighted by atomic mass is 10.2. The van der Waals surface area contributed by atoms with Gasteiger partial charge in [0.15, 0.2) is 0 Å². The minimum Gasteiger partial charge on any atom is -0.288 e. The first-order valence-electron chi connectivity index (χ1n) is 7.05. The molecular weight excluding hydrogens is 333 g/mol. The van der Waals surface area contributed by atoms with Crippen molar-refractivity contribution in [1.82, 2.24) is 24.5 Å². The number of hydrogen-bond donors (Lipinski definition) is 1. The summed E-state index contributed by atoms with van der Waals surface area (Å²) in [6.07, 6.45) is 2.35. The van der Waals surface area contributed by atoms with E-state index in [0.717, 1.165) is 10.9 Å². The van der Waals surface area contributed by atoms with Crippen LogP contribution in [0.15, 0.2) is 36.8 Å². The van der Waals surface area contributed by atoms with E-state index in [-0.39, 0.29) is 24.0 Å². The van der Waals surface area contributed by atoms with E-state index in [4.69, 9.17) is 0 Å². The van der Waals surface area contributed by atoms with Gasteiger partial charge < -0.3 is 0 Å². The molecule has 25 heavy (non-hydrogen) atoms. The number of aryl methyl sites for hydroxylation is 1. The number of carbonyl (C=O) groups is 1. The van der Waals surface area contributed by atoms with Crippen LogP contribution in [0, 0.1) is 15.9 Å². The summed E-state index contributed by atoms with van der Waals surface area (Å²) in [5, 5.41) is 21.1. The van der Waals surface area contributed by atoms with E-state index in [0.29, 0.717) is 5.56 Å². The van der Waals surface area contributed by atoms with Crippen LogP contribution in [-0.4, -0.2) is 35.4 Å². The van der Waals surface area contributed by atoms with E-state index in [2.05, 4.69) is 20.5 Å². The van der Waals surface area contributed by atoms with Crippen molar-refractivity contribution < 1.29 is 14.1 Å². The van der Waals surface area contributed by atoms with Gasteiger partial charge in [-0.2, -0.15) is 5.10 Å². The first-order valence-corrected chi connectivity index (χ1v) is 7.05. The molecule has 0 aliphatic rings. The largest absolute Gasteiger partial charge is 0.320 e. The summed E-state index contributed by atoms with van der Waals surface area (Å²) < 4.78 is 15.7. The fourth-order valence-corrected chi connectivity index (χ4v) is 2.23. The maximum absolute atomic E-state index is 13.2. The van der Waals surface area contributed by atoms with Crippen LogP contribution in [0.3, 0.4) is 0 Å². The van der Waals surface area contributed by atoms with E-state index in [9.17, 15) is 19.3 Å². The highest BCUT2D eigenvalue weighted by Gasteiger charge is 2.26. The zero-order valence-electron chi connectivity index (χ0n) is 13.0. The highest BCUT2D eigenvalue weighted by molar-refractivity contribution is 6.04. The van der Waals surface area contributed by atoms with Crippen LogP contribution in [0.1, 0.15) is 16.1 Å². The molecule has 2 aromatic heterocycles. The minimum absolute atomic E-state index is 0.0306. The standard InChI is InChI=1S/C14H12FN7O3/c1-20-12(11(6-17-20)22(24)25)13(23)18-14-16-8-21(19-14)7-9-3-2-4-10(15)5-9/h2-6,8H,7H2,1H3,(H,18,19,23). The zero-order chi connectivity index (χ0) is 18.0. The van der Waals surface area contributed by atoms with Gasteiger partial charge in [0.2, 0.25) is 11.6 Å². The molecule has 1 aromatic carbocycles. The van der Waals surface area contributed by atoms with Crippen LogP contribution in [-0.2, 0) is 13.6 Å². The molecule has 1 N–H and O–H groups in total. The number of carbonyl (C=O) groups excluding carboxylic acids is 1.